The van der Waals surface area contributed by atoms with Gasteiger partial charge in [0.15, 0.2) is 0 Å². The highest BCUT2D eigenvalue weighted by Crippen LogP contribution is 2.17. The Bertz CT molecular complexity index is 407. The van der Waals surface area contributed by atoms with Crippen LogP contribution >= 0.6 is 0 Å². The number of nitrogen functional groups attached to an aromatic ring is 1. The highest BCUT2D eigenvalue weighted by Gasteiger charge is 2.09. The molecule has 0 saturated heterocycles. The second kappa shape index (κ2) is 6.03. The van der Waals surface area contributed by atoms with E-state index in [9.17, 15) is 4.79 Å². The molecule has 0 aliphatic heterocycles. The average molecular weight is 238 g/mol. The number of methoxy groups -OCH3 is 1. The fraction of sp³-hybridized carbons (Fsp3) is 0.545. The normalized spacial score (nSPS) is 10.1. The Hall–Kier alpha value is -1.85. The van der Waals surface area contributed by atoms with Gasteiger partial charge in [-0.1, -0.05) is 6.92 Å². The van der Waals surface area contributed by atoms with Crippen molar-refractivity contribution >= 4 is 17.6 Å². The lowest BCUT2D eigenvalue weighted by Gasteiger charge is -2.10. The van der Waals surface area contributed by atoms with Gasteiger partial charge in [-0.3, -0.25) is 4.79 Å². The van der Waals surface area contributed by atoms with Gasteiger partial charge in [0, 0.05) is 12.0 Å². The van der Waals surface area contributed by atoms with Gasteiger partial charge in [-0.25, -0.2) is 9.97 Å². The van der Waals surface area contributed by atoms with Crippen LogP contribution < -0.4 is 11.1 Å². The summed E-state index contributed by atoms with van der Waals surface area (Å²) < 4.78 is 4.54. The van der Waals surface area contributed by atoms with Gasteiger partial charge in [0.1, 0.15) is 24.0 Å². The molecule has 0 aliphatic rings. The van der Waals surface area contributed by atoms with Crippen LogP contribution in [0.2, 0.25) is 0 Å². The Morgan fingerprint density at radius 3 is 2.76 bits per heavy atom. The summed E-state index contributed by atoms with van der Waals surface area (Å²) in [7, 11) is 1.34. The van der Waals surface area contributed by atoms with Gasteiger partial charge >= 0.3 is 5.97 Å². The van der Waals surface area contributed by atoms with Crippen molar-refractivity contribution in [2.24, 2.45) is 0 Å². The van der Waals surface area contributed by atoms with Gasteiger partial charge in [-0.15, -0.1) is 0 Å². The van der Waals surface area contributed by atoms with Crippen molar-refractivity contribution < 1.29 is 9.53 Å². The number of ether oxygens (including phenoxy) is 1. The minimum absolute atomic E-state index is 0.0688. The first-order valence-corrected chi connectivity index (χ1v) is 5.52. The Labute approximate surface area is 101 Å². The number of nitrogens with zero attached hydrogens (tertiary/aromatic N) is 2. The van der Waals surface area contributed by atoms with Gasteiger partial charge in [0.05, 0.1) is 7.11 Å². The number of rotatable bonds is 5. The summed E-state index contributed by atoms with van der Waals surface area (Å²) in [5.74, 6) is 1.36. The zero-order valence-corrected chi connectivity index (χ0v) is 10.4. The predicted octanol–water partition coefficient (Wildman–Crippen LogP) is 0.905. The molecule has 0 spiro atoms. The van der Waals surface area contributed by atoms with E-state index in [1.54, 1.807) is 0 Å². The summed E-state index contributed by atoms with van der Waals surface area (Å²) in [6.45, 7) is 3.92. The largest absolute Gasteiger partial charge is 0.468 e. The number of aromatic nitrogens is 2. The number of anilines is 2. The van der Waals surface area contributed by atoms with Gasteiger partial charge in [-0.2, -0.15) is 0 Å². The van der Waals surface area contributed by atoms with Crippen LogP contribution in [0.15, 0.2) is 0 Å². The first-order valence-electron chi connectivity index (χ1n) is 5.52. The monoisotopic (exact) mass is 238 g/mol. The van der Waals surface area contributed by atoms with Crippen molar-refractivity contribution in [2.75, 3.05) is 24.7 Å². The number of esters is 1. The van der Waals surface area contributed by atoms with Crippen molar-refractivity contribution in [3.05, 3.63) is 11.4 Å². The van der Waals surface area contributed by atoms with E-state index >= 15 is 0 Å². The van der Waals surface area contributed by atoms with Crippen LogP contribution in [0.3, 0.4) is 0 Å². The van der Waals surface area contributed by atoms with Crippen molar-refractivity contribution in [3.63, 3.8) is 0 Å². The van der Waals surface area contributed by atoms with E-state index in [4.69, 9.17) is 5.73 Å². The van der Waals surface area contributed by atoms with E-state index in [1.807, 2.05) is 13.8 Å². The summed E-state index contributed by atoms with van der Waals surface area (Å²) in [6, 6.07) is 0. The summed E-state index contributed by atoms with van der Waals surface area (Å²) in [4.78, 5) is 19.5. The topological polar surface area (TPSA) is 90.1 Å². The number of hydrogen-bond donors (Lipinski definition) is 2. The third kappa shape index (κ3) is 3.58. The first-order chi connectivity index (χ1) is 8.08. The lowest BCUT2D eigenvalue weighted by molar-refractivity contribution is -0.138. The lowest BCUT2D eigenvalue weighted by atomic mass is 10.2. The van der Waals surface area contributed by atoms with Crippen molar-refractivity contribution in [1.82, 2.24) is 9.97 Å². The molecule has 1 aromatic heterocycles. The van der Waals surface area contributed by atoms with Crippen molar-refractivity contribution in [1.29, 1.82) is 0 Å². The van der Waals surface area contributed by atoms with Crippen LogP contribution in [0, 0.1) is 6.92 Å². The second-order valence-electron chi connectivity index (χ2n) is 3.68. The van der Waals surface area contributed by atoms with Crippen LogP contribution in [-0.4, -0.2) is 29.6 Å². The van der Waals surface area contributed by atoms with Crippen LogP contribution in [0.5, 0.6) is 0 Å². The molecule has 0 unspecified atom stereocenters. The molecule has 0 aromatic carbocycles. The molecule has 3 N–H and O–H groups in total. The maximum absolute atomic E-state index is 11.0. The molecule has 1 heterocycles. The van der Waals surface area contributed by atoms with E-state index in [2.05, 4.69) is 20.0 Å². The maximum Gasteiger partial charge on any atom is 0.325 e. The lowest BCUT2D eigenvalue weighted by Crippen LogP contribution is -2.18. The van der Waals surface area contributed by atoms with E-state index in [0.29, 0.717) is 17.5 Å². The fourth-order valence-electron chi connectivity index (χ4n) is 1.32. The highest BCUT2D eigenvalue weighted by molar-refractivity contribution is 5.75. The third-order valence-electron chi connectivity index (χ3n) is 2.33. The molecule has 0 aliphatic carbocycles. The summed E-state index contributed by atoms with van der Waals surface area (Å²) >= 11 is 0. The number of nitrogens with one attached hydrogen (secondary N) is 1. The van der Waals surface area contributed by atoms with Gasteiger partial charge in [0.25, 0.3) is 0 Å². The van der Waals surface area contributed by atoms with Crippen LogP contribution in [0.25, 0.3) is 0 Å². The molecule has 0 bridgehead atoms. The standard InChI is InChI=1S/C11H18N4O2/c1-4-5-8-14-10(12)7(2)11(15-8)13-6-9(16)17-3/h4-6H2,1-3H3,(H3,12,13,14,15). The zero-order chi connectivity index (χ0) is 12.8. The number of hydrogen-bond acceptors (Lipinski definition) is 6. The SMILES string of the molecule is CCCc1nc(N)c(C)c(NCC(=O)OC)n1. The number of carbonyl (C=O) groups excluding carboxylic acids is 1. The quantitative estimate of drug-likeness (QED) is 0.741. The van der Waals surface area contributed by atoms with Crippen molar-refractivity contribution in [3.8, 4) is 0 Å². The molecule has 0 fully saturated rings. The molecule has 6 nitrogen and oxygen atoms in total. The summed E-state index contributed by atoms with van der Waals surface area (Å²) in [5, 5.41) is 2.90. The summed E-state index contributed by atoms with van der Waals surface area (Å²) in [6.07, 6.45) is 1.70. The predicted molar refractivity (Wildman–Crippen MR) is 65.7 cm³/mol. The number of carbonyl (C=O) groups is 1. The fourth-order valence-corrected chi connectivity index (χ4v) is 1.32. The number of aryl methyl sites for hydroxylation is 1. The minimum Gasteiger partial charge on any atom is -0.468 e. The molecule has 6 heteroatoms. The maximum atomic E-state index is 11.0. The molecular weight excluding hydrogens is 220 g/mol. The molecule has 0 radical (unpaired) electrons. The molecule has 94 valence electrons. The van der Waals surface area contributed by atoms with E-state index in [1.165, 1.54) is 7.11 Å². The Balaban J connectivity index is 2.85. The second-order valence-corrected chi connectivity index (χ2v) is 3.68. The van der Waals surface area contributed by atoms with E-state index in [0.717, 1.165) is 18.4 Å². The minimum atomic E-state index is -0.348. The highest BCUT2D eigenvalue weighted by atomic mass is 16.5. The molecule has 1 rings (SSSR count). The molecule has 17 heavy (non-hydrogen) atoms. The molecule has 1 aromatic rings. The van der Waals surface area contributed by atoms with Crippen LogP contribution in [-0.2, 0) is 16.0 Å². The third-order valence-corrected chi connectivity index (χ3v) is 2.33. The van der Waals surface area contributed by atoms with Crippen molar-refractivity contribution in [2.45, 2.75) is 26.7 Å². The molecule has 0 atom stereocenters. The Kier molecular flexibility index (Phi) is 4.68. The average Bonchev–Trinajstić information content (AvgIpc) is 2.31. The smallest absolute Gasteiger partial charge is 0.325 e. The van der Waals surface area contributed by atoms with Gasteiger partial charge < -0.3 is 15.8 Å². The zero-order valence-electron chi connectivity index (χ0n) is 10.4. The Morgan fingerprint density at radius 2 is 2.18 bits per heavy atom. The van der Waals surface area contributed by atoms with E-state index in [-0.39, 0.29) is 12.5 Å². The van der Waals surface area contributed by atoms with Gasteiger partial charge in [0.2, 0.25) is 0 Å². The molecule has 0 amide bonds. The van der Waals surface area contributed by atoms with Gasteiger partial charge in [-0.05, 0) is 13.3 Å². The molecule has 0 saturated carbocycles. The van der Waals surface area contributed by atoms with E-state index < -0.39 is 0 Å². The molecular formula is C11H18N4O2. The first kappa shape index (κ1) is 13.2. The Morgan fingerprint density at radius 1 is 1.47 bits per heavy atom. The van der Waals surface area contributed by atoms with Crippen LogP contribution in [0.1, 0.15) is 24.7 Å². The summed E-state index contributed by atoms with van der Waals surface area (Å²) in [5.41, 5.74) is 6.53. The number of nitrogens with two attached hydrogens (primary N) is 1. The van der Waals surface area contributed by atoms with Crippen LogP contribution in [0.4, 0.5) is 11.6 Å².